The van der Waals surface area contributed by atoms with Crippen molar-refractivity contribution in [1.29, 1.82) is 0 Å². The van der Waals surface area contributed by atoms with E-state index in [2.05, 4.69) is 16.0 Å². The zero-order valence-corrected chi connectivity index (χ0v) is 18.9. The van der Waals surface area contributed by atoms with E-state index < -0.39 is 72.2 Å². The van der Waals surface area contributed by atoms with Crippen LogP contribution in [-0.2, 0) is 28.8 Å². The molecule has 0 aliphatic heterocycles. The number of carbonyl (C=O) groups excluding carboxylic acids is 5. The van der Waals surface area contributed by atoms with Crippen molar-refractivity contribution < 1.29 is 39.0 Å². The van der Waals surface area contributed by atoms with Crippen LogP contribution in [0.25, 0.3) is 0 Å². The Balaban J connectivity index is 5.42. The van der Waals surface area contributed by atoms with Gasteiger partial charge < -0.3 is 43.4 Å². The number of rotatable bonds is 15. The number of nitrogens with two attached hydrogens (primary N) is 3. The van der Waals surface area contributed by atoms with Gasteiger partial charge in [-0.05, 0) is 25.7 Å². The minimum atomic E-state index is -1.60. The molecule has 0 aromatic rings. The normalized spacial score (nSPS) is 15.5. The molecule has 0 fully saturated rings. The van der Waals surface area contributed by atoms with Crippen molar-refractivity contribution in [2.45, 2.75) is 76.7 Å². The monoisotopic (exact) mass is 474 g/mol. The summed E-state index contributed by atoms with van der Waals surface area (Å²) in [5.41, 5.74) is 15.7. The predicted octanol–water partition coefficient (Wildman–Crippen LogP) is -3.58. The van der Waals surface area contributed by atoms with Crippen molar-refractivity contribution in [3.63, 3.8) is 0 Å². The molecule has 0 spiro atoms. The fourth-order valence-electron chi connectivity index (χ4n) is 2.73. The van der Waals surface area contributed by atoms with Gasteiger partial charge in [0, 0.05) is 6.42 Å². The first-order valence-corrected chi connectivity index (χ1v) is 10.3. The van der Waals surface area contributed by atoms with E-state index in [1.165, 1.54) is 6.92 Å². The topological polar surface area (TPSA) is 257 Å². The molecule has 33 heavy (non-hydrogen) atoms. The SMILES string of the molecule is CC(C)CC(NC(=O)C(NC(=O)C(N)CCC(N)=O)C(C)O)C(=O)NC(CC(N)=O)C(=O)O. The van der Waals surface area contributed by atoms with Crippen LogP contribution in [0.4, 0.5) is 0 Å². The number of aliphatic carboxylic acids is 1. The summed E-state index contributed by atoms with van der Waals surface area (Å²) in [6.07, 6.45) is -2.20. The third kappa shape index (κ3) is 11.8. The third-order valence-electron chi connectivity index (χ3n) is 4.46. The molecule has 0 radical (unpaired) electrons. The first-order chi connectivity index (χ1) is 15.1. The van der Waals surface area contributed by atoms with Gasteiger partial charge in [0.15, 0.2) is 0 Å². The van der Waals surface area contributed by atoms with Crippen LogP contribution in [0.2, 0.25) is 0 Å². The van der Waals surface area contributed by atoms with Crippen molar-refractivity contribution in [1.82, 2.24) is 16.0 Å². The molecule has 0 aliphatic rings. The van der Waals surface area contributed by atoms with E-state index in [9.17, 15) is 39.0 Å². The lowest BCUT2D eigenvalue weighted by Gasteiger charge is -2.27. The summed E-state index contributed by atoms with van der Waals surface area (Å²) in [5, 5.41) is 25.9. The highest BCUT2D eigenvalue weighted by Gasteiger charge is 2.33. The zero-order valence-electron chi connectivity index (χ0n) is 18.9. The number of aliphatic hydroxyl groups is 1. The molecule has 0 aromatic carbocycles. The van der Waals surface area contributed by atoms with Gasteiger partial charge in [-0.1, -0.05) is 13.8 Å². The van der Waals surface area contributed by atoms with E-state index in [0.29, 0.717) is 0 Å². The molecule has 0 heterocycles. The summed E-state index contributed by atoms with van der Waals surface area (Å²) in [7, 11) is 0. The van der Waals surface area contributed by atoms with Crippen molar-refractivity contribution >= 4 is 35.5 Å². The molecule has 188 valence electrons. The second-order valence-corrected chi connectivity index (χ2v) is 8.10. The molecule has 0 aliphatic carbocycles. The lowest BCUT2D eigenvalue weighted by Crippen LogP contribution is -2.60. The van der Waals surface area contributed by atoms with Crippen LogP contribution in [0.1, 0.15) is 46.5 Å². The molecule has 0 aromatic heterocycles. The molecule has 14 nitrogen and oxygen atoms in total. The maximum Gasteiger partial charge on any atom is 0.326 e. The number of aliphatic hydroxyl groups excluding tert-OH is 1. The molecule has 14 heteroatoms. The minimum absolute atomic E-state index is 0.0792. The lowest BCUT2D eigenvalue weighted by molar-refractivity contribution is -0.144. The first-order valence-electron chi connectivity index (χ1n) is 10.3. The van der Waals surface area contributed by atoms with Crippen LogP contribution in [0.15, 0.2) is 0 Å². The van der Waals surface area contributed by atoms with Crippen molar-refractivity contribution in [2.75, 3.05) is 0 Å². The van der Waals surface area contributed by atoms with E-state index in [0.717, 1.165) is 0 Å². The third-order valence-corrected chi connectivity index (χ3v) is 4.46. The van der Waals surface area contributed by atoms with Crippen LogP contribution in [0.5, 0.6) is 0 Å². The molecular formula is C19H34N6O8. The number of hydrogen-bond acceptors (Lipinski definition) is 8. The average Bonchev–Trinajstić information content (AvgIpc) is 2.67. The second kappa shape index (κ2) is 14.0. The Labute approximate surface area is 191 Å². The maximum absolute atomic E-state index is 12.7. The summed E-state index contributed by atoms with van der Waals surface area (Å²) in [5.74, 6) is -5.87. The van der Waals surface area contributed by atoms with Gasteiger partial charge in [-0.15, -0.1) is 0 Å². The van der Waals surface area contributed by atoms with Crippen LogP contribution < -0.4 is 33.2 Å². The highest BCUT2D eigenvalue weighted by molar-refractivity contribution is 5.95. The maximum atomic E-state index is 12.7. The summed E-state index contributed by atoms with van der Waals surface area (Å²) >= 11 is 0. The largest absolute Gasteiger partial charge is 0.480 e. The number of carbonyl (C=O) groups is 6. The van der Waals surface area contributed by atoms with E-state index in [1.807, 2.05) is 0 Å². The number of primary amides is 2. The fraction of sp³-hybridized carbons (Fsp3) is 0.684. The Hall–Kier alpha value is -3.26. The van der Waals surface area contributed by atoms with Gasteiger partial charge in [0.2, 0.25) is 29.5 Å². The van der Waals surface area contributed by atoms with E-state index in [4.69, 9.17) is 17.2 Å². The van der Waals surface area contributed by atoms with Crippen molar-refractivity contribution in [3.8, 4) is 0 Å². The number of amides is 5. The Bertz CT molecular complexity index is 742. The van der Waals surface area contributed by atoms with Crippen LogP contribution in [-0.4, -0.2) is 76.0 Å². The van der Waals surface area contributed by atoms with Gasteiger partial charge in [0.25, 0.3) is 0 Å². The minimum Gasteiger partial charge on any atom is -0.480 e. The zero-order chi connectivity index (χ0) is 25.9. The molecule has 5 atom stereocenters. The van der Waals surface area contributed by atoms with Crippen LogP contribution >= 0.6 is 0 Å². The molecule has 11 N–H and O–H groups in total. The first kappa shape index (κ1) is 29.7. The number of nitrogens with one attached hydrogen (secondary N) is 3. The molecule has 5 unspecified atom stereocenters. The van der Waals surface area contributed by atoms with E-state index in [1.54, 1.807) is 13.8 Å². The van der Waals surface area contributed by atoms with Crippen LogP contribution in [0.3, 0.4) is 0 Å². The van der Waals surface area contributed by atoms with E-state index in [-0.39, 0.29) is 25.2 Å². The summed E-state index contributed by atoms with van der Waals surface area (Å²) in [6, 6.07) is -5.52. The molecule has 0 bridgehead atoms. The van der Waals surface area contributed by atoms with Gasteiger partial charge in [-0.3, -0.25) is 24.0 Å². The number of carboxylic acids is 1. The highest BCUT2D eigenvalue weighted by Crippen LogP contribution is 2.08. The standard InChI is InChI=1S/C19H34N6O8/c1-8(2)6-11(17(30)24-12(19(32)33)7-14(22)28)23-18(31)15(9(3)26)25-16(29)10(20)4-5-13(21)27/h8-12,15,26H,4-7,20H2,1-3H3,(H2,21,27)(H2,22,28)(H,23,31)(H,24,30)(H,25,29)(H,32,33). The summed E-state index contributed by atoms with van der Waals surface area (Å²) < 4.78 is 0. The molecule has 0 rings (SSSR count). The van der Waals surface area contributed by atoms with Gasteiger partial charge in [0.05, 0.1) is 18.6 Å². The summed E-state index contributed by atoms with van der Waals surface area (Å²) in [4.78, 5) is 70.8. The molecule has 0 saturated heterocycles. The summed E-state index contributed by atoms with van der Waals surface area (Å²) in [6.45, 7) is 4.72. The van der Waals surface area contributed by atoms with Gasteiger partial charge in [0.1, 0.15) is 18.1 Å². The smallest absolute Gasteiger partial charge is 0.326 e. The Morgan fingerprint density at radius 3 is 1.79 bits per heavy atom. The predicted molar refractivity (Wildman–Crippen MR) is 115 cm³/mol. The fourth-order valence-corrected chi connectivity index (χ4v) is 2.73. The van der Waals surface area contributed by atoms with Crippen LogP contribution in [0, 0.1) is 5.92 Å². The Kier molecular flexibility index (Phi) is 12.6. The Morgan fingerprint density at radius 2 is 1.36 bits per heavy atom. The highest BCUT2D eigenvalue weighted by atomic mass is 16.4. The molecule has 0 saturated carbocycles. The van der Waals surface area contributed by atoms with Gasteiger partial charge in [-0.2, -0.15) is 0 Å². The number of hydrogen-bond donors (Lipinski definition) is 8. The lowest BCUT2D eigenvalue weighted by atomic mass is 10.0. The number of carboxylic acid groups (broad SMARTS) is 1. The molecular weight excluding hydrogens is 440 g/mol. The van der Waals surface area contributed by atoms with E-state index >= 15 is 0 Å². The average molecular weight is 475 g/mol. The van der Waals surface area contributed by atoms with Gasteiger partial charge in [-0.25, -0.2) is 4.79 Å². The van der Waals surface area contributed by atoms with Gasteiger partial charge >= 0.3 is 5.97 Å². The van der Waals surface area contributed by atoms with Crippen molar-refractivity contribution in [3.05, 3.63) is 0 Å². The second-order valence-electron chi connectivity index (χ2n) is 8.10. The van der Waals surface area contributed by atoms with Crippen molar-refractivity contribution in [2.24, 2.45) is 23.1 Å². The quantitative estimate of drug-likeness (QED) is 0.116. The molecule has 5 amide bonds. The Morgan fingerprint density at radius 1 is 0.818 bits per heavy atom.